The molecule has 0 spiro atoms. The highest BCUT2D eigenvalue weighted by atomic mass is 16.5. The number of rotatable bonds is 3. The zero-order valence-corrected chi connectivity index (χ0v) is 8.93. The molecule has 0 radical (unpaired) electrons. The highest BCUT2D eigenvalue weighted by Crippen LogP contribution is 2.25. The number of aromatic nitrogens is 1. The average molecular weight is 216 g/mol. The molecule has 2 rings (SSSR count). The van der Waals surface area contributed by atoms with Gasteiger partial charge in [-0.2, -0.15) is 0 Å². The molecule has 1 heterocycles. The number of hydrogen-bond donors (Lipinski definition) is 1. The summed E-state index contributed by atoms with van der Waals surface area (Å²) >= 11 is 0. The van der Waals surface area contributed by atoms with E-state index in [1.165, 1.54) is 0 Å². The molecule has 0 atom stereocenters. The fourth-order valence-corrected chi connectivity index (χ4v) is 1.61. The number of nitrogens with zero attached hydrogens (tertiary/aromatic N) is 1. The van der Waals surface area contributed by atoms with E-state index in [1.54, 1.807) is 0 Å². The van der Waals surface area contributed by atoms with Crippen molar-refractivity contribution < 1.29 is 9.32 Å². The Kier molecular flexibility index (Phi) is 2.72. The van der Waals surface area contributed by atoms with Crippen LogP contribution in [0.5, 0.6) is 0 Å². The normalized spacial score (nSPS) is 10.3. The van der Waals surface area contributed by atoms with Gasteiger partial charge in [0.25, 0.3) is 5.91 Å². The van der Waals surface area contributed by atoms with Gasteiger partial charge < -0.3 is 10.3 Å². The molecule has 4 heteroatoms. The molecule has 2 aromatic rings. The topological polar surface area (TPSA) is 69.1 Å². The second-order valence-electron chi connectivity index (χ2n) is 3.41. The monoisotopic (exact) mass is 216 g/mol. The van der Waals surface area contributed by atoms with Crippen LogP contribution >= 0.6 is 0 Å². The second kappa shape index (κ2) is 4.18. The Bertz CT molecular complexity index is 503. The van der Waals surface area contributed by atoms with Crippen molar-refractivity contribution in [3.05, 3.63) is 41.7 Å². The highest BCUT2D eigenvalue weighted by Gasteiger charge is 2.20. The molecule has 0 saturated heterocycles. The predicted molar refractivity (Wildman–Crippen MR) is 59.8 cm³/mol. The maximum atomic E-state index is 11.4. The van der Waals surface area contributed by atoms with Crippen LogP contribution in [0.4, 0.5) is 0 Å². The number of nitrogens with two attached hydrogens (primary N) is 1. The molecular formula is C12H12N2O2. The fraction of sp³-hybridized carbons (Fsp3) is 0.167. The van der Waals surface area contributed by atoms with Gasteiger partial charge in [-0.25, -0.2) is 0 Å². The summed E-state index contributed by atoms with van der Waals surface area (Å²) in [6.45, 7) is 1.89. The molecular weight excluding hydrogens is 204 g/mol. The first-order valence-electron chi connectivity index (χ1n) is 5.07. The Hall–Kier alpha value is -2.10. The minimum atomic E-state index is -0.503. The van der Waals surface area contributed by atoms with Crippen LogP contribution in [0.15, 0.2) is 34.9 Å². The van der Waals surface area contributed by atoms with Gasteiger partial charge >= 0.3 is 0 Å². The van der Waals surface area contributed by atoms with Crippen molar-refractivity contribution in [3.63, 3.8) is 0 Å². The lowest BCUT2D eigenvalue weighted by Crippen LogP contribution is -2.13. The molecule has 0 aliphatic rings. The summed E-state index contributed by atoms with van der Waals surface area (Å²) in [5.74, 6) is 0.0308. The van der Waals surface area contributed by atoms with Gasteiger partial charge in [-0.15, -0.1) is 0 Å². The van der Waals surface area contributed by atoms with Gasteiger partial charge in [0, 0.05) is 12.0 Å². The minimum absolute atomic E-state index is 0.383. The maximum Gasteiger partial charge on any atom is 0.254 e. The fourth-order valence-electron chi connectivity index (χ4n) is 1.61. The van der Waals surface area contributed by atoms with Crippen LogP contribution in [-0.2, 0) is 6.42 Å². The van der Waals surface area contributed by atoms with Crippen LogP contribution in [0.2, 0.25) is 0 Å². The number of primary amides is 1. The molecule has 0 aliphatic heterocycles. The van der Waals surface area contributed by atoms with Crippen LogP contribution in [0.25, 0.3) is 11.3 Å². The van der Waals surface area contributed by atoms with Gasteiger partial charge in [-0.05, 0) is 0 Å². The molecule has 0 bridgehead atoms. The third-order valence-electron chi connectivity index (χ3n) is 2.38. The van der Waals surface area contributed by atoms with E-state index in [0.717, 1.165) is 5.56 Å². The number of amides is 1. The van der Waals surface area contributed by atoms with Crippen LogP contribution in [0, 0.1) is 0 Å². The lowest BCUT2D eigenvalue weighted by atomic mass is 10.0. The van der Waals surface area contributed by atoms with Crippen LogP contribution in [0.3, 0.4) is 0 Å². The first-order valence-corrected chi connectivity index (χ1v) is 5.07. The molecule has 1 aromatic carbocycles. The first-order chi connectivity index (χ1) is 7.74. The first kappa shape index (κ1) is 10.4. The smallest absolute Gasteiger partial charge is 0.254 e. The zero-order chi connectivity index (χ0) is 11.5. The Morgan fingerprint density at radius 3 is 2.62 bits per heavy atom. The molecule has 0 fully saturated rings. The van der Waals surface area contributed by atoms with E-state index in [1.807, 2.05) is 37.3 Å². The van der Waals surface area contributed by atoms with Crippen molar-refractivity contribution in [2.45, 2.75) is 13.3 Å². The molecule has 16 heavy (non-hydrogen) atoms. The van der Waals surface area contributed by atoms with E-state index in [0.29, 0.717) is 23.4 Å². The lowest BCUT2D eigenvalue weighted by molar-refractivity contribution is 0.0999. The summed E-state index contributed by atoms with van der Waals surface area (Å²) in [5.41, 5.74) is 7.07. The van der Waals surface area contributed by atoms with Gasteiger partial charge in [0.15, 0.2) is 0 Å². The maximum absolute atomic E-state index is 11.4. The van der Waals surface area contributed by atoms with Crippen molar-refractivity contribution in [3.8, 4) is 11.3 Å². The summed E-state index contributed by atoms with van der Waals surface area (Å²) < 4.78 is 5.11. The third kappa shape index (κ3) is 1.69. The van der Waals surface area contributed by atoms with Gasteiger partial charge in [0.05, 0.1) is 0 Å². The van der Waals surface area contributed by atoms with Crippen LogP contribution in [0.1, 0.15) is 23.0 Å². The van der Waals surface area contributed by atoms with Gasteiger partial charge in [-0.3, -0.25) is 4.79 Å². The van der Waals surface area contributed by atoms with E-state index in [-0.39, 0.29) is 0 Å². The molecule has 2 N–H and O–H groups in total. The number of hydrogen-bond acceptors (Lipinski definition) is 3. The second-order valence-corrected chi connectivity index (χ2v) is 3.41. The van der Waals surface area contributed by atoms with E-state index >= 15 is 0 Å². The van der Waals surface area contributed by atoms with Crippen molar-refractivity contribution in [2.24, 2.45) is 5.73 Å². The number of aryl methyl sites for hydroxylation is 1. The Balaban J connectivity index is 2.58. The van der Waals surface area contributed by atoms with E-state index in [9.17, 15) is 4.79 Å². The molecule has 0 unspecified atom stereocenters. The largest absolute Gasteiger partial charge is 0.365 e. The van der Waals surface area contributed by atoms with Gasteiger partial charge in [0.1, 0.15) is 17.0 Å². The molecule has 1 amide bonds. The van der Waals surface area contributed by atoms with E-state index in [4.69, 9.17) is 10.3 Å². The molecule has 1 aromatic heterocycles. The standard InChI is InChI=1S/C12H12N2O2/c1-2-9-10(12(13)15)11(14-16-9)8-6-4-3-5-7-8/h3-7H,2H2,1H3,(H2,13,15). The SMILES string of the molecule is CCc1onc(-c2ccccc2)c1C(N)=O. The quantitative estimate of drug-likeness (QED) is 0.853. The van der Waals surface area contributed by atoms with Crippen LogP contribution in [-0.4, -0.2) is 11.1 Å². The summed E-state index contributed by atoms with van der Waals surface area (Å²) in [7, 11) is 0. The van der Waals surface area contributed by atoms with E-state index in [2.05, 4.69) is 5.16 Å². The Labute approximate surface area is 93.1 Å². The average Bonchev–Trinajstić information content (AvgIpc) is 2.73. The minimum Gasteiger partial charge on any atom is -0.365 e. The third-order valence-corrected chi connectivity index (χ3v) is 2.38. The predicted octanol–water partition coefficient (Wildman–Crippen LogP) is 2.00. The van der Waals surface area contributed by atoms with Crippen molar-refractivity contribution in [1.82, 2.24) is 5.16 Å². The molecule has 4 nitrogen and oxygen atoms in total. The number of benzene rings is 1. The van der Waals surface area contributed by atoms with Crippen LogP contribution < -0.4 is 5.73 Å². The van der Waals surface area contributed by atoms with Crippen molar-refractivity contribution >= 4 is 5.91 Å². The molecule has 0 aliphatic carbocycles. The van der Waals surface area contributed by atoms with Gasteiger partial charge in [0.2, 0.25) is 0 Å². The Morgan fingerprint density at radius 2 is 2.06 bits per heavy atom. The van der Waals surface area contributed by atoms with Crippen molar-refractivity contribution in [2.75, 3.05) is 0 Å². The number of carbonyl (C=O) groups excluding carboxylic acids is 1. The summed E-state index contributed by atoms with van der Waals surface area (Å²) in [6.07, 6.45) is 0.595. The summed E-state index contributed by atoms with van der Waals surface area (Å²) in [4.78, 5) is 11.4. The van der Waals surface area contributed by atoms with Crippen molar-refractivity contribution in [1.29, 1.82) is 0 Å². The highest BCUT2D eigenvalue weighted by molar-refractivity contribution is 5.99. The number of carbonyl (C=O) groups is 1. The van der Waals surface area contributed by atoms with E-state index < -0.39 is 5.91 Å². The summed E-state index contributed by atoms with van der Waals surface area (Å²) in [5, 5.41) is 3.90. The Morgan fingerprint density at radius 1 is 1.38 bits per heavy atom. The molecule has 0 saturated carbocycles. The molecule has 82 valence electrons. The van der Waals surface area contributed by atoms with Gasteiger partial charge in [-0.1, -0.05) is 42.4 Å². The lowest BCUT2D eigenvalue weighted by Gasteiger charge is -1.98. The zero-order valence-electron chi connectivity index (χ0n) is 8.93. The summed E-state index contributed by atoms with van der Waals surface area (Å²) in [6, 6.07) is 9.38.